The van der Waals surface area contributed by atoms with Crippen LogP contribution in [0.2, 0.25) is 0 Å². The summed E-state index contributed by atoms with van der Waals surface area (Å²) in [5.74, 6) is -0.478. The van der Waals surface area contributed by atoms with Crippen LogP contribution >= 0.6 is 0 Å². The van der Waals surface area contributed by atoms with Crippen molar-refractivity contribution in [2.24, 2.45) is 0 Å². The molecule has 0 aliphatic rings. The fraction of sp³-hybridized carbons (Fsp3) is 0.667. The summed E-state index contributed by atoms with van der Waals surface area (Å²) < 4.78 is 28.1. The monoisotopic (exact) mass is 166 g/mol. The van der Waals surface area contributed by atoms with E-state index < -0.39 is 15.9 Å². The molecule has 0 saturated heterocycles. The van der Waals surface area contributed by atoms with Crippen molar-refractivity contribution in [1.29, 1.82) is 5.26 Å². The molecule has 0 atom stereocenters. The van der Waals surface area contributed by atoms with Crippen LogP contribution in [0.15, 0.2) is 0 Å². The van der Waals surface area contributed by atoms with Gasteiger partial charge in [0.1, 0.15) is 0 Å². The van der Waals surface area contributed by atoms with Crippen molar-refractivity contribution in [3.05, 3.63) is 0 Å². The van der Waals surface area contributed by atoms with Gasteiger partial charge in [-0.3, -0.25) is 4.55 Å². The number of rotatable bonds is 4. The molecule has 0 saturated carbocycles. The first-order valence-electron chi connectivity index (χ1n) is 2.29. The second-order valence-corrected chi connectivity index (χ2v) is 2.95. The average Bonchev–Trinajstić information content (AvgIpc) is 1.78. The molecule has 0 radical (unpaired) electrons. The van der Waals surface area contributed by atoms with Crippen LogP contribution < -0.4 is 5.48 Å². The SMILES string of the molecule is N#CONCCS(=O)(=O)O. The fourth-order valence-corrected chi connectivity index (χ4v) is 0.595. The standard InChI is InChI=1S/C3H6N2O4S/c4-3-9-5-1-2-10(6,7)8/h5H,1-2H2,(H,6,7,8). The summed E-state index contributed by atoms with van der Waals surface area (Å²) in [6.45, 7) is -0.119. The van der Waals surface area contributed by atoms with Gasteiger partial charge in [0.05, 0.1) is 5.75 Å². The zero-order valence-corrected chi connectivity index (χ0v) is 5.76. The predicted octanol–water partition coefficient (Wildman–Crippen LogP) is -1.12. The van der Waals surface area contributed by atoms with E-state index >= 15 is 0 Å². The van der Waals surface area contributed by atoms with E-state index in [1.807, 2.05) is 5.48 Å². The van der Waals surface area contributed by atoms with Gasteiger partial charge in [0.25, 0.3) is 10.1 Å². The minimum Gasteiger partial charge on any atom is -0.330 e. The fourth-order valence-electron chi connectivity index (χ4n) is 0.254. The number of hydrogen-bond acceptors (Lipinski definition) is 5. The van der Waals surface area contributed by atoms with Crippen LogP contribution in [-0.4, -0.2) is 25.3 Å². The highest BCUT2D eigenvalue weighted by Gasteiger charge is 2.02. The van der Waals surface area contributed by atoms with Gasteiger partial charge in [-0.1, -0.05) is 0 Å². The van der Waals surface area contributed by atoms with Gasteiger partial charge in [0.2, 0.25) is 0 Å². The average molecular weight is 166 g/mol. The molecule has 0 aromatic rings. The summed E-state index contributed by atoms with van der Waals surface area (Å²) in [6, 6.07) is 0. The van der Waals surface area contributed by atoms with Gasteiger partial charge in [-0.15, -0.1) is 10.7 Å². The van der Waals surface area contributed by atoms with Gasteiger partial charge >= 0.3 is 6.26 Å². The number of hydroxylamine groups is 1. The van der Waals surface area contributed by atoms with E-state index in [9.17, 15) is 8.42 Å². The highest BCUT2D eigenvalue weighted by Crippen LogP contribution is 1.77. The largest absolute Gasteiger partial charge is 0.330 e. The van der Waals surface area contributed by atoms with Crippen LogP contribution in [0.3, 0.4) is 0 Å². The van der Waals surface area contributed by atoms with Gasteiger partial charge in [-0.25, -0.2) is 0 Å². The van der Waals surface area contributed by atoms with Gasteiger partial charge < -0.3 is 4.84 Å². The van der Waals surface area contributed by atoms with E-state index in [0.29, 0.717) is 0 Å². The lowest BCUT2D eigenvalue weighted by Gasteiger charge is -1.95. The molecular formula is C3H6N2O4S. The van der Waals surface area contributed by atoms with E-state index in [2.05, 4.69) is 4.84 Å². The first kappa shape index (κ1) is 9.16. The Morgan fingerprint density at radius 3 is 2.70 bits per heavy atom. The molecule has 58 valence electrons. The number of nitriles is 1. The smallest absolute Gasteiger partial charge is 0.307 e. The lowest BCUT2D eigenvalue weighted by Crippen LogP contribution is -2.21. The molecule has 0 spiro atoms. The molecule has 0 bridgehead atoms. The summed E-state index contributed by atoms with van der Waals surface area (Å²) in [4.78, 5) is 3.91. The molecule has 0 rings (SSSR count). The van der Waals surface area contributed by atoms with Crippen LogP contribution in [0.1, 0.15) is 0 Å². The molecule has 6 nitrogen and oxygen atoms in total. The number of nitrogens with one attached hydrogen (secondary N) is 1. The van der Waals surface area contributed by atoms with Gasteiger partial charge in [0.15, 0.2) is 0 Å². The Kier molecular flexibility index (Phi) is 3.71. The van der Waals surface area contributed by atoms with Crippen LogP contribution in [0, 0.1) is 11.5 Å². The third kappa shape index (κ3) is 7.16. The van der Waals surface area contributed by atoms with Crippen LogP contribution in [0.5, 0.6) is 0 Å². The topological polar surface area (TPSA) is 99.4 Å². The minimum atomic E-state index is -3.96. The quantitative estimate of drug-likeness (QED) is 0.237. The molecule has 2 N–H and O–H groups in total. The molecule has 0 fully saturated rings. The number of nitrogens with zero attached hydrogens (tertiary/aromatic N) is 1. The maximum absolute atomic E-state index is 9.97. The predicted molar refractivity (Wildman–Crippen MR) is 31.1 cm³/mol. The van der Waals surface area contributed by atoms with Crippen LogP contribution in [0.25, 0.3) is 0 Å². The van der Waals surface area contributed by atoms with E-state index in [1.165, 1.54) is 6.26 Å². The van der Waals surface area contributed by atoms with E-state index in [4.69, 9.17) is 9.81 Å². The molecule has 0 aliphatic carbocycles. The summed E-state index contributed by atoms with van der Waals surface area (Å²) in [5.41, 5.74) is 1.99. The van der Waals surface area contributed by atoms with E-state index in [1.54, 1.807) is 0 Å². The Morgan fingerprint density at radius 2 is 2.30 bits per heavy atom. The lowest BCUT2D eigenvalue weighted by atomic mass is 10.8. The summed E-state index contributed by atoms with van der Waals surface area (Å²) in [7, 11) is -3.96. The second kappa shape index (κ2) is 4.05. The third-order valence-corrected chi connectivity index (χ3v) is 1.30. The minimum absolute atomic E-state index is 0.119. The lowest BCUT2D eigenvalue weighted by molar-refractivity contribution is 0.158. The Morgan fingerprint density at radius 1 is 1.70 bits per heavy atom. The molecule has 0 heterocycles. The van der Waals surface area contributed by atoms with Gasteiger partial charge in [-0.05, 0) is 0 Å². The van der Waals surface area contributed by atoms with E-state index in [0.717, 1.165) is 0 Å². The second-order valence-electron chi connectivity index (χ2n) is 1.37. The van der Waals surface area contributed by atoms with Crippen LogP contribution in [-0.2, 0) is 15.0 Å². The van der Waals surface area contributed by atoms with Gasteiger partial charge in [0, 0.05) is 6.54 Å². The van der Waals surface area contributed by atoms with Gasteiger partial charge in [-0.2, -0.15) is 8.42 Å². The Balaban J connectivity index is 3.32. The highest BCUT2D eigenvalue weighted by molar-refractivity contribution is 7.85. The normalized spacial score (nSPS) is 10.4. The summed E-state index contributed by atoms with van der Waals surface area (Å²) >= 11 is 0. The zero-order valence-electron chi connectivity index (χ0n) is 4.94. The van der Waals surface area contributed by atoms with E-state index in [-0.39, 0.29) is 6.54 Å². The van der Waals surface area contributed by atoms with Crippen molar-refractivity contribution < 1.29 is 17.8 Å². The van der Waals surface area contributed by atoms with Crippen LogP contribution in [0.4, 0.5) is 0 Å². The van der Waals surface area contributed by atoms with Crippen molar-refractivity contribution in [2.45, 2.75) is 0 Å². The first-order valence-corrected chi connectivity index (χ1v) is 3.90. The Bertz CT molecular complexity index is 215. The zero-order chi connectivity index (χ0) is 8.04. The van der Waals surface area contributed by atoms with Crippen molar-refractivity contribution in [1.82, 2.24) is 5.48 Å². The van der Waals surface area contributed by atoms with Crippen molar-refractivity contribution >= 4 is 10.1 Å². The Hall–Kier alpha value is -0.840. The van der Waals surface area contributed by atoms with Crippen molar-refractivity contribution in [3.8, 4) is 6.26 Å². The summed E-state index contributed by atoms with van der Waals surface area (Å²) in [6.07, 6.45) is 1.27. The third-order valence-electron chi connectivity index (χ3n) is 0.580. The van der Waals surface area contributed by atoms with Crippen molar-refractivity contribution in [2.75, 3.05) is 12.3 Å². The maximum Gasteiger partial charge on any atom is 0.307 e. The molecular weight excluding hydrogens is 160 g/mol. The number of hydrogen-bond donors (Lipinski definition) is 2. The molecule has 0 aromatic carbocycles. The molecule has 0 amide bonds. The maximum atomic E-state index is 9.97. The molecule has 0 aromatic heterocycles. The van der Waals surface area contributed by atoms with Crippen molar-refractivity contribution in [3.63, 3.8) is 0 Å². The molecule has 7 heteroatoms. The molecule has 0 aliphatic heterocycles. The molecule has 0 unspecified atom stereocenters. The Labute approximate surface area is 58.1 Å². The first-order chi connectivity index (χ1) is 4.56. The summed E-state index contributed by atoms with van der Waals surface area (Å²) in [5, 5.41) is 7.75. The highest BCUT2D eigenvalue weighted by atomic mass is 32.2. The molecule has 10 heavy (non-hydrogen) atoms.